The van der Waals surface area contributed by atoms with Crippen LogP contribution in [0.25, 0.3) is 0 Å². The molecule has 8 nitrogen and oxygen atoms in total. The number of carbonyl (C=O) groups is 2. The molecular weight excluding hydrogens is 524 g/mol. The van der Waals surface area contributed by atoms with Crippen molar-refractivity contribution < 1.29 is 39.5 Å². The van der Waals surface area contributed by atoms with Gasteiger partial charge in [-0.05, 0) is 83.7 Å². The molecule has 228 valence electrons. The number of phenolic OH excluding ortho intramolecular Hbond substituents is 2. The Kier molecular flexibility index (Phi) is 11.8. The summed E-state index contributed by atoms with van der Waals surface area (Å²) < 4.78 is 11.0. The third kappa shape index (κ3) is 10.0. The Morgan fingerprint density at radius 2 is 1.02 bits per heavy atom. The molecule has 0 aliphatic carbocycles. The van der Waals surface area contributed by atoms with Crippen LogP contribution in [0.4, 0.5) is 0 Å². The predicted octanol–water partition coefficient (Wildman–Crippen LogP) is 6.27. The van der Waals surface area contributed by atoms with E-state index in [-0.39, 0.29) is 55.2 Å². The van der Waals surface area contributed by atoms with Crippen LogP contribution in [-0.4, -0.2) is 52.4 Å². The second-order valence-electron chi connectivity index (χ2n) is 13.1. The van der Waals surface area contributed by atoms with Gasteiger partial charge in [-0.15, -0.1) is 0 Å². The summed E-state index contributed by atoms with van der Waals surface area (Å²) in [6, 6.07) is 7.41. The van der Waals surface area contributed by atoms with Crippen molar-refractivity contribution in [2.24, 2.45) is 11.8 Å². The number of aryl methyl sites for hydroxylation is 2. The Morgan fingerprint density at radius 1 is 0.683 bits per heavy atom. The van der Waals surface area contributed by atoms with E-state index in [0.29, 0.717) is 12.8 Å². The minimum absolute atomic E-state index is 0.0579. The minimum Gasteiger partial charge on any atom is -0.507 e. The van der Waals surface area contributed by atoms with Crippen molar-refractivity contribution in [3.63, 3.8) is 0 Å². The molecule has 0 spiro atoms. The summed E-state index contributed by atoms with van der Waals surface area (Å²) in [7, 11) is 0. The number of carboxylic acids is 2. The Morgan fingerprint density at radius 3 is 1.32 bits per heavy atom. The van der Waals surface area contributed by atoms with Gasteiger partial charge in [0.15, 0.2) is 0 Å². The monoisotopic (exact) mass is 572 g/mol. The van der Waals surface area contributed by atoms with Gasteiger partial charge in [0, 0.05) is 0 Å². The lowest BCUT2D eigenvalue weighted by molar-refractivity contribution is -0.143. The van der Waals surface area contributed by atoms with Gasteiger partial charge in [-0.1, -0.05) is 65.8 Å². The highest BCUT2D eigenvalue weighted by Crippen LogP contribution is 2.36. The maximum Gasteiger partial charge on any atom is 0.306 e. The van der Waals surface area contributed by atoms with Crippen LogP contribution in [-0.2, 0) is 42.7 Å². The number of benzene rings is 2. The van der Waals surface area contributed by atoms with E-state index in [2.05, 4.69) is 0 Å². The fraction of sp³-hybridized carbons (Fsp3) is 0.576. The van der Waals surface area contributed by atoms with Gasteiger partial charge in [0.05, 0.1) is 25.0 Å². The predicted molar refractivity (Wildman–Crippen MR) is 159 cm³/mol. The van der Waals surface area contributed by atoms with E-state index in [1.807, 2.05) is 79.7 Å². The maximum absolute atomic E-state index is 11.9. The molecule has 8 heteroatoms. The van der Waals surface area contributed by atoms with E-state index < -0.39 is 23.8 Å². The van der Waals surface area contributed by atoms with Gasteiger partial charge in [0.25, 0.3) is 0 Å². The molecule has 0 bridgehead atoms. The average Bonchev–Trinajstić information content (AvgIpc) is 2.84. The lowest BCUT2D eigenvalue weighted by atomic mass is 9.83. The van der Waals surface area contributed by atoms with Gasteiger partial charge in [0.1, 0.15) is 18.3 Å². The van der Waals surface area contributed by atoms with Crippen LogP contribution in [0.1, 0.15) is 87.8 Å². The lowest BCUT2D eigenvalue weighted by Gasteiger charge is -2.23. The molecular formula is C33H48O8. The van der Waals surface area contributed by atoms with Crippen LogP contribution < -0.4 is 0 Å². The Bertz CT molecular complexity index is 1110. The fourth-order valence-electron chi connectivity index (χ4n) is 4.91. The highest BCUT2D eigenvalue weighted by molar-refractivity contribution is 5.71. The Hall–Kier alpha value is -3.10. The normalized spacial score (nSPS) is 13.7. The Balaban J connectivity index is 1.86. The molecule has 2 atom stereocenters. The highest BCUT2D eigenvalue weighted by atomic mass is 16.7. The standard InChI is InChI=1S/C33H48O8/c1-20-13-22(17-26(28(20)34)32(3,4)5)15-24(30(36)37)9-11-40-19-41-12-10-25(31(38)39)16-23-14-21(2)29(35)27(18-23)33(6,7)8/h13-14,17-18,24-25,34-35H,9-12,15-16,19H2,1-8H3,(H,36,37)(H,38,39). The van der Waals surface area contributed by atoms with Gasteiger partial charge < -0.3 is 29.9 Å². The molecule has 0 amide bonds. The molecule has 41 heavy (non-hydrogen) atoms. The third-order valence-electron chi connectivity index (χ3n) is 7.39. The number of ether oxygens (including phenoxy) is 2. The Labute approximate surface area is 244 Å². The van der Waals surface area contributed by atoms with Crippen molar-refractivity contribution in [2.75, 3.05) is 20.0 Å². The molecule has 0 heterocycles. The second kappa shape index (κ2) is 14.2. The zero-order valence-electron chi connectivity index (χ0n) is 25.8. The van der Waals surface area contributed by atoms with Gasteiger partial charge in [-0.3, -0.25) is 9.59 Å². The largest absolute Gasteiger partial charge is 0.507 e. The lowest BCUT2D eigenvalue weighted by Crippen LogP contribution is -2.21. The molecule has 2 aromatic rings. The molecule has 0 aliphatic heterocycles. The summed E-state index contributed by atoms with van der Waals surface area (Å²) >= 11 is 0. The number of carboxylic acid groups (broad SMARTS) is 2. The van der Waals surface area contributed by atoms with Crippen molar-refractivity contribution in [1.29, 1.82) is 0 Å². The molecule has 2 unspecified atom stereocenters. The molecule has 4 N–H and O–H groups in total. The zero-order valence-corrected chi connectivity index (χ0v) is 25.8. The van der Waals surface area contributed by atoms with Crippen LogP contribution in [0.2, 0.25) is 0 Å². The number of aliphatic carboxylic acids is 2. The quantitative estimate of drug-likeness (QED) is 0.154. The number of phenols is 2. The first kappa shape index (κ1) is 34.1. The first-order valence-electron chi connectivity index (χ1n) is 14.2. The van der Waals surface area contributed by atoms with E-state index in [9.17, 15) is 30.0 Å². The SMILES string of the molecule is Cc1cc(CC(CCOCOCCC(Cc2cc(C)c(O)c(C(C)(C)C)c2)C(=O)O)C(=O)O)cc(C(C)(C)C)c1O. The molecule has 0 aromatic heterocycles. The van der Waals surface area contributed by atoms with Gasteiger partial charge in [-0.2, -0.15) is 0 Å². The number of hydrogen-bond donors (Lipinski definition) is 4. The first-order valence-corrected chi connectivity index (χ1v) is 14.2. The van der Waals surface area contributed by atoms with E-state index in [1.165, 1.54) is 0 Å². The van der Waals surface area contributed by atoms with Crippen molar-refractivity contribution in [1.82, 2.24) is 0 Å². The molecule has 0 saturated carbocycles. The smallest absolute Gasteiger partial charge is 0.306 e. The summed E-state index contributed by atoms with van der Waals surface area (Å²) in [5.74, 6) is -2.66. The second-order valence-corrected chi connectivity index (χ2v) is 13.1. The molecule has 0 aliphatic rings. The number of rotatable bonds is 14. The topological polar surface area (TPSA) is 134 Å². The van der Waals surface area contributed by atoms with Crippen LogP contribution in [0.3, 0.4) is 0 Å². The van der Waals surface area contributed by atoms with E-state index >= 15 is 0 Å². The molecule has 0 radical (unpaired) electrons. The summed E-state index contributed by atoms with van der Waals surface area (Å²) in [6.45, 7) is 16.0. The van der Waals surface area contributed by atoms with Crippen LogP contribution in [0.15, 0.2) is 24.3 Å². The van der Waals surface area contributed by atoms with Crippen LogP contribution in [0.5, 0.6) is 11.5 Å². The fourth-order valence-corrected chi connectivity index (χ4v) is 4.91. The van der Waals surface area contributed by atoms with Crippen LogP contribution >= 0.6 is 0 Å². The van der Waals surface area contributed by atoms with Crippen molar-refractivity contribution in [3.05, 3.63) is 57.6 Å². The van der Waals surface area contributed by atoms with E-state index in [1.54, 1.807) is 0 Å². The van der Waals surface area contributed by atoms with Crippen molar-refractivity contribution in [3.8, 4) is 11.5 Å². The molecule has 0 fully saturated rings. The number of hydrogen-bond acceptors (Lipinski definition) is 6. The summed E-state index contributed by atoms with van der Waals surface area (Å²) in [4.78, 5) is 23.8. The summed E-state index contributed by atoms with van der Waals surface area (Å²) in [6.07, 6.45) is 1.21. The van der Waals surface area contributed by atoms with Gasteiger partial charge in [0.2, 0.25) is 0 Å². The van der Waals surface area contributed by atoms with Crippen molar-refractivity contribution in [2.45, 2.75) is 91.9 Å². The minimum atomic E-state index is -0.916. The summed E-state index contributed by atoms with van der Waals surface area (Å²) in [5.41, 5.74) is 4.17. The molecule has 0 saturated heterocycles. The maximum atomic E-state index is 11.9. The average molecular weight is 573 g/mol. The van der Waals surface area contributed by atoms with E-state index in [4.69, 9.17) is 9.47 Å². The molecule has 2 aromatic carbocycles. The van der Waals surface area contributed by atoms with Crippen LogP contribution in [0, 0.1) is 25.7 Å². The van der Waals surface area contributed by atoms with Gasteiger partial charge in [-0.25, -0.2) is 0 Å². The van der Waals surface area contributed by atoms with Crippen molar-refractivity contribution >= 4 is 11.9 Å². The first-order chi connectivity index (χ1) is 18.9. The molecule has 2 rings (SSSR count). The third-order valence-corrected chi connectivity index (χ3v) is 7.39. The van der Waals surface area contributed by atoms with E-state index in [0.717, 1.165) is 33.4 Å². The summed E-state index contributed by atoms with van der Waals surface area (Å²) in [5, 5.41) is 40.4. The number of aromatic hydroxyl groups is 2. The highest BCUT2D eigenvalue weighted by Gasteiger charge is 2.25. The van der Waals surface area contributed by atoms with Gasteiger partial charge >= 0.3 is 11.9 Å². The zero-order chi connectivity index (χ0) is 31.1.